The van der Waals surface area contributed by atoms with Crippen molar-refractivity contribution in [2.45, 2.75) is 6.92 Å². The molecule has 1 heterocycles. The molecule has 108 valence electrons. The molecule has 0 saturated heterocycles. The van der Waals surface area contributed by atoms with E-state index in [1.165, 1.54) is 18.3 Å². The molecule has 0 atom stereocenters. The van der Waals surface area contributed by atoms with E-state index in [4.69, 9.17) is 16.0 Å². The van der Waals surface area contributed by atoms with Crippen molar-refractivity contribution in [3.8, 4) is 0 Å². The molecular weight excluding hydrogens is 298 g/mol. The number of nitrogens with zero attached hydrogens (tertiary/aromatic N) is 2. The number of nitro benzene ring substituents is 1. The Morgan fingerprint density at radius 1 is 1.43 bits per heavy atom. The van der Waals surface area contributed by atoms with Gasteiger partial charge in [0, 0.05) is 12.1 Å². The monoisotopic (exact) mass is 307 g/mol. The molecule has 0 fully saturated rings. The Labute approximate surface area is 124 Å². The lowest BCUT2D eigenvalue weighted by molar-refractivity contribution is -0.384. The van der Waals surface area contributed by atoms with Gasteiger partial charge < -0.3 is 4.42 Å². The Bertz CT molecular complexity index is 724. The van der Waals surface area contributed by atoms with Crippen LogP contribution in [0.15, 0.2) is 39.9 Å². The smallest absolute Gasteiger partial charge is 0.272 e. The zero-order chi connectivity index (χ0) is 15.4. The van der Waals surface area contributed by atoms with Gasteiger partial charge >= 0.3 is 0 Å². The van der Waals surface area contributed by atoms with E-state index in [1.807, 2.05) is 0 Å². The number of rotatable bonds is 4. The van der Waals surface area contributed by atoms with Gasteiger partial charge in [-0.3, -0.25) is 14.9 Å². The largest absolute Gasteiger partial charge is 0.460 e. The van der Waals surface area contributed by atoms with Crippen molar-refractivity contribution in [3.63, 3.8) is 0 Å². The van der Waals surface area contributed by atoms with Crippen molar-refractivity contribution in [2.75, 3.05) is 0 Å². The van der Waals surface area contributed by atoms with Crippen molar-refractivity contribution in [1.82, 2.24) is 5.43 Å². The molecule has 0 bridgehead atoms. The SMILES string of the molecule is Cc1ccc(C=NNC(=O)c2ccc([N+](=O)[O-])cc2Cl)o1. The molecule has 7 nitrogen and oxygen atoms in total. The van der Waals surface area contributed by atoms with Crippen LogP contribution in [0, 0.1) is 17.0 Å². The van der Waals surface area contributed by atoms with Gasteiger partial charge in [0.2, 0.25) is 0 Å². The van der Waals surface area contributed by atoms with E-state index in [-0.39, 0.29) is 16.3 Å². The van der Waals surface area contributed by atoms with Crippen LogP contribution < -0.4 is 5.43 Å². The molecule has 0 unspecified atom stereocenters. The minimum absolute atomic E-state index is 0.0225. The summed E-state index contributed by atoms with van der Waals surface area (Å²) < 4.78 is 5.24. The molecule has 1 amide bonds. The van der Waals surface area contributed by atoms with Crippen LogP contribution in [0.25, 0.3) is 0 Å². The third kappa shape index (κ3) is 3.67. The molecule has 1 aromatic carbocycles. The van der Waals surface area contributed by atoms with Crippen molar-refractivity contribution in [2.24, 2.45) is 5.10 Å². The first-order chi connectivity index (χ1) is 9.97. The fourth-order valence-electron chi connectivity index (χ4n) is 1.54. The maximum absolute atomic E-state index is 11.8. The summed E-state index contributed by atoms with van der Waals surface area (Å²) in [5.41, 5.74) is 2.17. The molecule has 2 rings (SSSR count). The van der Waals surface area contributed by atoms with E-state index in [2.05, 4.69) is 10.5 Å². The molecule has 8 heteroatoms. The van der Waals surface area contributed by atoms with Crippen LogP contribution in [-0.2, 0) is 0 Å². The molecule has 0 spiro atoms. The van der Waals surface area contributed by atoms with Crippen LogP contribution in [0.5, 0.6) is 0 Å². The summed E-state index contributed by atoms with van der Waals surface area (Å²) in [7, 11) is 0. The second-order valence-corrected chi connectivity index (χ2v) is 4.48. The second kappa shape index (κ2) is 6.19. The van der Waals surface area contributed by atoms with Crippen LogP contribution in [0.1, 0.15) is 21.9 Å². The summed E-state index contributed by atoms with van der Waals surface area (Å²) in [5, 5.41) is 14.3. The molecule has 0 aliphatic carbocycles. The van der Waals surface area contributed by atoms with Gasteiger partial charge in [-0.15, -0.1) is 0 Å². The maximum atomic E-state index is 11.8. The van der Waals surface area contributed by atoms with E-state index >= 15 is 0 Å². The number of amides is 1. The number of aryl methyl sites for hydroxylation is 1. The molecule has 0 radical (unpaired) electrons. The second-order valence-electron chi connectivity index (χ2n) is 4.07. The highest BCUT2D eigenvalue weighted by Crippen LogP contribution is 2.22. The number of halogens is 1. The number of carbonyl (C=O) groups excluding carboxylic acids is 1. The number of hydrazone groups is 1. The molecule has 1 aromatic heterocycles. The quantitative estimate of drug-likeness (QED) is 0.533. The number of benzene rings is 1. The van der Waals surface area contributed by atoms with Crippen LogP contribution in [0.3, 0.4) is 0 Å². The molecular formula is C13H10ClN3O4. The summed E-state index contributed by atoms with van der Waals surface area (Å²) in [6.07, 6.45) is 1.34. The third-order valence-electron chi connectivity index (χ3n) is 2.53. The van der Waals surface area contributed by atoms with Crippen LogP contribution in [-0.4, -0.2) is 17.0 Å². The molecule has 0 aliphatic rings. The number of hydrogen-bond donors (Lipinski definition) is 1. The number of carbonyl (C=O) groups is 1. The highest BCUT2D eigenvalue weighted by molar-refractivity contribution is 6.34. The summed E-state index contributed by atoms with van der Waals surface area (Å²) in [6.45, 7) is 1.78. The van der Waals surface area contributed by atoms with E-state index in [0.29, 0.717) is 5.76 Å². The van der Waals surface area contributed by atoms with E-state index < -0.39 is 10.8 Å². The lowest BCUT2D eigenvalue weighted by Crippen LogP contribution is -2.18. The van der Waals surface area contributed by atoms with Gasteiger partial charge in [-0.2, -0.15) is 5.10 Å². The van der Waals surface area contributed by atoms with Gasteiger partial charge in [0.05, 0.1) is 21.7 Å². The zero-order valence-electron chi connectivity index (χ0n) is 10.9. The van der Waals surface area contributed by atoms with E-state index in [1.54, 1.807) is 19.1 Å². The Morgan fingerprint density at radius 3 is 2.76 bits per heavy atom. The number of hydrogen-bond acceptors (Lipinski definition) is 5. The molecule has 21 heavy (non-hydrogen) atoms. The average Bonchev–Trinajstić information content (AvgIpc) is 2.84. The van der Waals surface area contributed by atoms with Crippen LogP contribution >= 0.6 is 11.6 Å². The Kier molecular flexibility index (Phi) is 4.34. The van der Waals surface area contributed by atoms with Gasteiger partial charge in [0.1, 0.15) is 11.5 Å². The highest BCUT2D eigenvalue weighted by atomic mass is 35.5. The first kappa shape index (κ1) is 14.7. The topological polar surface area (TPSA) is 97.7 Å². The summed E-state index contributed by atoms with van der Waals surface area (Å²) >= 11 is 5.83. The van der Waals surface area contributed by atoms with Crippen molar-refractivity contribution < 1.29 is 14.1 Å². The number of non-ortho nitro benzene ring substituents is 1. The predicted octanol–water partition coefficient (Wildman–Crippen LogP) is 2.91. The van der Waals surface area contributed by atoms with Crippen LogP contribution in [0.4, 0.5) is 5.69 Å². The lowest BCUT2D eigenvalue weighted by Gasteiger charge is -2.02. The predicted molar refractivity (Wildman–Crippen MR) is 76.6 cm³/mol. The molecule has 1 N–H and O–H groups in total. The summed E-state index contributed by atoms with van der Waals surface area (Å²) in [6, 6.07) is 7.03. The number of nitro groups is 1. The first-order valence-corrected chi connectivity index (χ1v) is 6.19. The van der Waals surface area contributed by atoms with Crippen molar-refractivity contribution >= 4 is 29.4 Å². The molecule has 2 aromatic rings. The number of nitrogens with one attached hydrogen (secondary N) is 1. The van der Waals surface area contributed by atoms with Gasteiger partial charge in [-0.1, -0.05) is 11.6 Å². The third-order valence-corrected chi connectivity index (χ3v) is 2.84. The van der Waals surface area contributed by atoms with Gasteiger partial charge in [-0.25, -0.2) is 5.43 Å². The first-order valence-electron chi connectivity index (χ1n) is 5.81. The fourth-order valence-corrected chi connectivity index (χ4v) is 1.80. The van der Waals surface area contributed by atoms with Crippen LogP contribution in [0.2, 0.25) is 5.02 Å². The maximum Gasteiger partial charge on any atom is 0.272 e. The van der Waals surface area contributed by atoms with Gasteiger partial charge in [0.15, 0.2) is 0 Å². The Hall–Kier alpha value is -2.67. The Morgan fingerprint density at radius 2 is 2.19 bits per heavy atom. The normalized spacial score (nSPS) is 10.8. The summed E-state index contributed by atoms with van der Waals surface area (Å²) in [4.78, 5) is 21.8. The fraction of sp³-hybridized carbons (Fsp3) is 0.0769. The van der Waals surface area contributed by atoms with Gasteiger partial charge in [-0.05, 0) is 25.1 Å². The minimum atomic E-state index is -0.592. The lowest BCUT2D eigenvalue weighted by atomic mass is 10.2. The minimum Gasteiger partial charge on any atom is -0.460 e. The highest BCUT2D eigenvalue weighted by Gasteiger charge is 2.14. The molecule has 0 saturated carbocycles. The standard InChI is InChI=1S/C13H10ClN3O4/c1-8-2-4-10(21-8)7-15-16-13(18)11-5-3-9(17(19)20)6-12(11)14/h2-7H,1H3,(H,16,18). The van der Waals surface area contributed by atoms with E-state index in [0.717, 1.165) is 11.8 Å². The average molecular weight is 308 g/mol. The Balaban J connectivity index is 2.06. The van der Waals surface area contributed by atoms with Crippen molar-refractivity contribution in [1.29, 1.82) is 0 Å². The zero-order valence-corrected chi connectivity index (χ0v) is 11.6. The number of furan rings is 1. The molecule has 0 aliphatic heterocycles. The van der Waals surface area contributed by atoms with Gasteiger partial charge in [0.25, 0.3) is 11.6 Å². The van der Waals surface area contributed by atoms with Crippen molar-refractivity contribution in [3.05, 3.63) is 62.6 Å². The van der Waals surface area contributed by atoms with E-state index in [9.17, 15) is 14.9 Å². The summed E-state index contributed by atoms with van der Waals surface area (Å²) in [5.74, 6) is 0.637.